The Bertz CT molecular complexity index is 553. The highest BCUT2D eigenvalue weighted by molar-refractivity contribution is 7.89. The van der Waals surface area contributed by atoms with Gasteiger partial charge in [-0.3, -0.25) is 0 Å². The second-order valence-corrected chi connectivity index (χ2v) is 6.98. The van der Waals surface area contributed by atoms with Crippen molar-refractivity contribution >= 4 is 21.6 Å². The summed E-state index contributed by atoms with van der Waals surface area (Å²) in [5, 5.41) is 0.243. The summed E-state index contributed by atoms with van der Waals surface area (Å²) in [6.07, 6.45) is 1.80. The topological polar surface area (TPSA) is 55.4 Å². The van der Waals surface area contributed by atoms with E-state index in [1.54, 1.807) is 12.1 Å². The van der Waals surface area contributed by atoms with Crippen molar-refractivity contribution in [3.05, 3.63) is 28.8 Å². The molecule has 2 rings (SSSR count). The number of halogens is 1. The zero-order valence-corrected chi connectivity index (χ0v) is 12.6. The lowest BCUT2D eigenvalue weighted by molar-refractivity contribution is 0.0902. The minimum atomic E-state index is -3.61. The van der Waals surface area contributed by atoms with Crippen LogP contribution in [0, 0.1) is 6.92 Å². The molecule has 19 heavy (non-hydrogen) atoms. The Balaban J connectivity index is 2.17. The molecule has 1 aromatic carbocycles. The first-order valence-electron chi connectivity index (χ1n) is 6.30. The van der Waals surface area contributed by atoms with Gasteiger partial charge in [-0.1, -0.05) is 17.7 Å². The van der Waals surface area contributed by atoms with Gasteiger partial charge in [0.15, 0.2) is 0 Å². The van der Waals surface area contributed by atoms with Crippen molar-refractivity contribution < 1.29 is 13.2 Å². The summed E-state index contributed by atoms with van der Waals surface area (Å²) in [5.41, 5.74) is 0.927. The Hall–Kier alpha value is -0.620. The third kappa shape index (κ3) is 3.48. The quantitative estimate of drug-likeness (QED) is 0.930. The fourth-order valence-corrected chi connectivity index (χ4v) is 4.08. The van der Waals surface area contributed by atoms with E-state index in [9.17, 15) is 8.42 Å². The van der Waals surface area contributed by atoms with Crippen molar-refractivity contribution in [1.29, 1.82) is 0 Å². The molecule has 0 unspecified atom stereocenters. The van der Waals surface area contributed by atoms with Gasteiger partial charge >= 0.3 is 0 Å². The molecule has 6 heteroatoms. The lowest BCUT2D eigenvalue weighted by Crippen LogP contribution is -2.40. The zero-order valence-electron chi connectivity index (χ0n) is 11.0. The third-order valence-electron chi connectivity index (χ3n) is 3.24. The van der Waals surface area contributed by atoms with Gasteiger partial charge in [-0.15, -0.1) is 0 Å². The Morgan fingerprint density at radius 3 is 2.79 bits per heavy atom. The van der Waals surface area contributed by atoms with Gasteiger partial charge in [0.2, 0.25) is 10.0 Å². The van der Waals surface area contributed by atoms with Gasteiger partial charge in [-0.05, 0) is 44.4 Å². The second kappa shape index (κ2) is 5.79. The number of hydrogen-bond acceptors (Lipinski definition) is 3. The molecule has 0 spiro atoms. The van der Waals surface area contributed by atoms with Crippen molar-refractivity contribution in [2.75, 3.05) is 6.61 Å². The molecular formula is C13H18ClNO3S. The van der Waals surface area contributed by atoms with Crippen LogP contribution in [0.25, 0.3) is 0 Å². The normalized spacial score (nSPS) is 21.5. The van der Waals surface area contributed by atoms with Crippen LogP contribution < -0.4 is 4.72 Å². The summed E-state index contributed by atoms with van der Waals surface area (Å²) < 4.78 is 32.7. The summed E-state index contributed by atoms with van der Waals surface area (Å²) in [6, 6.07) is 4.65. The summed E-state index contributed by atoms with van der Waals surface area (Å²) in [4.78, 5) is 0.115. The average molecular weight is 304 g/mol. The lowest BCUT2D eigenvalue weighted by Gasteiger charge is -2.20. The molecule has 0 radical (unpaired) electrons. The maximum Gasteiger partial charge on any atom is 0.242 e. The van der Waals surface area contributed by atoms with E-state index < -0.39 is 10.0 Å². The fourth-order valence-electron chi connectivity index (χ4n) is 2.20. The van der Waals surface area contributed by atoms with Crippen LogP contribution in [-0.4, -0.2) is 27.2 Å². The maximum atomic E-state index is 12.3. The number of nitrogens with one attached hydrogen (secondary N) is 1. The Morgan fingerprint density at radius 2 is 2.21 bits per heavy atom. The molecule has 0 bridgehead atoms. The molecule has 0 saturated carbocycles. The molecular weight excluding hydrogens is 286 g/mol. The minimum absolute atomic E-state index is 0.0565. The van der Waals surface area contributed by atoms with Crippen LogP contribution in [0.4, 0.5) is 0 Å². The number of rotatable bonds is 4. The zero-order chi connectivity index (χ0) is 14.0. The molecule has 4 nitrogen and oxygen atoms in total. The van der Waals surface area contributed by atoms with E-state index in [1.165, 1.54) is 6.07 Å². The van der Waals surface area contributed by atoms with E-state index in [-0.39, 0.29) is 22.1 Å². The lowest BCUT2D eigenvalue weighted by atomic mass is 10.1. The molecule has 1 aliphatic heterocycles. The first kappa shape index (κ1) is 14.8. The van der Waals surface area contributed by atoms with Gasteiger partial charge in [0.1, 0.15) is 4.90 Å². The van der Waals surface area contributed by atoms with E-state index in [4.69, 9.17) is 16.3 Å². The molecule has 0 aromatic heterocycles. The summed E-state index contributed by atoms with van der Waals surface area (Å²) in [7, 11) is -3.61. The van der Waals surface area contributed by atoms with Gasteiger partial charge in [0.25, 0.3) is 0 Å². The van der Waals surface area contributed by atoms with Crippen molar-refractivity contribution in [1.82, 2.24) is 4.72 Å². The SMILES string of the molecule is Cc1ccc(S(=O)(=O)N[C@@H](C)[C@H]2CCCO2)c(Cl)c1. The third-order valence-corrected chi connectivity index (χ3v) is 5.28. The number of sulfonamides is 1. The highest BCUT2D eigenvalue weighted by atomic mass is 35.5. The van der Waals surface area contributed by atoms with Crippen molar-refractivity contribution in [3.8, 4) is 0 Å². The Morgan fingerprint density at radius 1 is 1.47 bits per heavy atom. The van der Waals surface area contributed by atoms with Gasteiger partial charge in [-0.2, -0.15) is 0 Å². The number of hydrogen-bond donors (Lipinski definition) is 1. The molecule has 1 saturated heterocycles. The summed E-state index contributed by atoms with van der Waals surface area (Å²) in [5.74, 6) is 0. The van der Waals surface area contributed by atoms with E-state index in [0.717, 1.165) is 18.4 Å². The monoisotopic (exact) mass is 303 g/mol. The molecule has 2 atom stereocenters. The molecule has 1 heterocycles. The first-order chi connectivity index (χ1) is 8.90. The van der Waals surface area contributed by atoms with Crippen LogP contribution in [0.15, 0.2) is 23.1 Å². The van der Waals surface area contributed by atoms with Crippen molar-refractivity contribution in [2.45, 2.75) is 43.7 Å². The smallest absolute Gasteiger partial charge is 0.242 e. The molecule has 1 fully saturated rings. The number of benzene rings is 1. The highest BCUT2D eigenvalue weighted by Crippen LogP contribution is 2.24. The Kier molecular flexibility index (Phi) is 4.50. The van der Waals surface area contributed by atoms with Crippen LogP contribution >= 0.6 is 11.6 Å². The summed E-state index contributed by atoms with van der Waals surface area (Å²) >= 11 is 6.01. The second-order valence-electron chi connectivity index (χ2n) is 4.90. The van der Waals surface area contributed by atoms with Gasteiger partial charge in [0.05, 0.1) is 11.1 Å². The number of ether oxygens (including phenoxy) is 1. The standard InChI is InChI=1S/C13H18ClNO3S/c1-9-5-6-13(11(14)8-9)19(16,17)15-10(2)12-4-3-7-18-12/h5-6,8,10,12,15H,3-4,7H2,1-2H3/t10-,12+/m0/s1. The maximum absolute atomic E-state index is 12.3. The molecule has 106 valence electrons. The minimum Gasteiger partial charge on any atom is -0.377 e. The van der Waals surface area contributed by atoms with Crippen LogP contribution in [0.3, 0.4) is 0 Å². The fraction of sp³-hybridized carbons (Fsp3) is 0.538. The molecule has 1 N–H and O–H groups in total. The average Bonchev–Trinajstić information content (AvgIpc) is 2.80. The molecule has 0 amide bonds. The highest BCUT2D eigenvalue weighted by Gasteiger charge is 2.27. The van der Waals surface area contributed by atoms with Crippen LogP contribution in [-0.2, 0) is 14.8 Å². The van der Waals surface area contributed by atoms with E-state index in [0.29, 0.717) is 6.61 Å². The predicted octanol–water partition coefficient (Wildman–Crippen LogP) is 2.49. The van der Waals surface area contributed by atoms with Gasteiger partial charge in [-0.25, -0.2) is 13.1 Å². The molecule has 0 aliphatic carbocycles. The largest absolute Gasteiger partial charge is 0.377 e. The van der Waals surface area contributed by atoms with Crippen LogP contribution in [0.5, 0.6) is 0 Å². The molecule has 1 aromatic rings. The van der Waals surface area contributed by atoms with Gasteiger partial charge in [0, 0.05) is 12.6 Å². The van der Waals surface area contributed by atoms with Crippen LogP contribution in [0.1, 0.15) is 25.3 Å². The first-order valence-corrected chi connectivity index (χ1v) is 8.16. The van der Waals surface area contributed by atoms with E-state index in [2.05, 4.69) is 4.72 Å². The summed E-state index contributed by atoms with van der Waals surface area (Å²) in [6.45, 7) is 4.38. The number of aryl methyl sites for hydroxylation is 1. The van der Waals surface area contributed by atoms with Crippen LogP contribution in [0.2, 0.25) is 5.02 Å². The van der Waals surface area contributed by atoms with Crippen molar-refractivity contribution in [3.63, 3.8) is 0 Å². The molecule has 1 aliphatic rings. The van der Waals surface area contributed by atoms with Crippen molar-refractivity contribution in [2.24, 2.45) is 0 Å². The van der Waals surface area contributed by atoms with E-state index in [1.807, 2.05) is 13.8 Å². The van der Waals surface area contributed by atoms with E-state index >= 15 is 0 Å². The Labute approximate surface area is 119 Å². The predicted molar refractivity (Wildman–Crippen MR) is 74.9 cm³/mol. The van der Waals surface area contributed by atoms with Gasteiger partial charge < -0.3 is 4.74 Å².